The van der Waals surface area contributed by atoms with Crippen LogP contribution in [-0.4, -0.2) is 29.0 Å². The van der Waals surface area contributed by atoms with Crippen LogP contribution in [0.1, 0.15) is 24.7 Å². The minimum atomic E-state index is 0.0480. The van der Waals surface area contributed by atoms with Crippen molar-refractivity contribution in [3.8, 4) is 0 Å². The van der Waals surface area contributed by atoms with Gasteiger partial charge >= 0.3 is 0 Å². The number of carbonyl (C=O) groups excluding carboxylic acids is 1. The van der Waals surface area contributed by atoms with Gasteiger partial charge in [0.25, 0.3) is 0 Å². The van der Waals surface area contributed by atoms with E-state index in [-0.39, 0.29) is 5.91 Å². The van der Waals surface area contributed by atoms with E-state index in [0.717, 1.165) is 11.4 Å². The van der Waals surface area contributed by atoms with Gasteiger partial charge in [-0.2, -0.15) is 0 Å². The molecule has 1 amide bonds. The molecule has 0 aliphatic carbocycles. The van der Waals surface area contributed by atoms with Crippen molar-refractivity contribution in [3.63, 3.8) is 0 Å². The second-order valence-corrected chi connectivity index (χ2v) is 3.56. The van der Waals surface area contributed by atoms with Gasteiger partial charge in [0.2, 0.25) is 5.91 Å². The van der Waals surface area contributed by atoms with Gasteiger partial charge in [-0.25, -0.2) is 4.98 Å². The first kappa shape index (κ1) is 12.4. The average molecular weight is 222 g/mol. The van der Waals surface area contributed by atoms with E-state index in [9.17, 15) is 4.79 Å². The van der Waals surface area contributed by atoms with E-state index in [2.05, 4.69) is 20.6 Å². The van der Waals surface area contributed by atoms with E-state index in [1.165, 1.54) is 0 Å². The molecule has 5 heteroatoms. The third-order valence-electron chi connectivity index (χ3n) is 2.22. The molecule has 0 spiro atoms. The van der Waals surface area contributed by atoms with E-state index < -0.39 is 0 Å². The first-order chi connectivity index (χ1) is 7.63. The van der Waals surface area contributed by atoms with Crippen LogP contribution in [0.25, 0.3) is 0 Å². The van der Waals surface area contributed by atoms with Crippen LogP contribution in [0.3, 0.4) is 0 Å². The molecule has 0 saturated carbocycles. The maximum atomic E-state index is 11.2. The highest BCUT2D eigenvalue weighted by Gasteiger charge is 2.01. The maximum absolute atomic E-state index is 11.2. The highest BCUT2D eigenvalue weighted by atomic mass is 16.1. The van der Waals surface area contributed by atoms with Crippen LogP contribution in [0, 0.1) is 13.8 Å². The van der Waals surface area contributed by atoms with Gasteiger partial charge in [-0.3, -0.25) is 9.78 Å². The Balaban J connectivity index is 2.37. The molecule has 5 nitrogen and oxygen atoms in total. The second-order valence-electron chi connectivity index (χ2n) is 3.56. The normalized spacial score (nSPS) is 9.94. The molecule has 1 aromatic rings. The fourth-order valence-electron chi connectivity index (χ4n) is 1.22. The third kappa shape index (κ3) is 3.84. The number of hydrogen-bond acceptors (Lipinski definition) is 4. The summed E-state index contributed by atoms with van der Waals surface area (Å²) in [7, 11) is 0. The Morgan fingerprint density at radius 3 is 2.75 bits per heavy atom. The monoisotopic (exact) mass is 222 g/mol. The molecule has 0 aliphatic rings. The molecule has 0 aromatic carbocycles. The van der Waals surface area contributed by atoms with Gasteiger partial charge in [0.15, 0.2) is 0 Å². The molecule has 88 valence electrons. The number of nitrogens with one attached hydrogen (secondary N) is 2. The quantitative estimate of drug-likeness (QED) is 0.781. The maximum Gasteiger partial charge on any atom is 0.221 e. The van der Waals surface area contributed by atoms with Crippen molar-refractivity contribution in [2.75, 3.05) is 18.4 Å². The molecule has 0 unspecified atom stereocenters. The fourth-order valence-corrected chi connectivity index (χ4v) is 1.22. The summed E-state index contributed by atoms with van der Waals surface area (Å²) in [5.74, 6) is 0.763. The Kier molecular flexibility index (Phi) is 4.69. The van der Waals surface area contributed by atoms with Gasteiger partial charge in [-0.15, -0.1) is 0 Å². The lowest BCUT2D eigenvalue weighted by Crippen LogP contribution is -2.24. The predicted octanol–water partition coefficient (Wildman–Crippen LogP) is 1.03. The minimum absolute atomic E-state index is 0.0480. The topological polar surface area (TPSA) is 66.9 Å². The Hall–Kier alpha value is -1.65. The zero-order chi connectivity index (χ0) is 12.0. The van der Waals surface area contributed by atoms with Crippen molar-refractivity contribution in [2.24, 2.45) is 0 Å². The van der Waals surface area contributed by atoms with Crippen molar-refractivity contribution in [1.29, 1.82) is 0 Å². The van der Waals surface area contributed by atoms with Crippen LogP contribution in [0.5, 0.6) is 0 Å². The van der Waals surface area contributed by atoms with E-state index in [1.54, 1.807) is 6.20 Å². The molecule has 1 aromatic heterocycles. The SMILES string of the molecule is CCNC(=O)CCNc1cnc(C)c(C)n1. The smallest absolute Gasteiger partial charge is 0.221 e. The molecule has 16 heavy (non-hydrogen) atoms. The van der Waals surface area contributed by atoms with Crippen molar-refractivity contribution >= 4 is 11.7 Å². The van der Waals surface area contributed by atoms with Gasteiger partial charge in [0, 0.05) is 19.5 Å². The summed E-state index contributed by atoms with van der Waals surface area (Å²) in [6.07, 6.45) is 2.13. The molecule has 0 atom stereocenters. The fraction of sp³-hybridized carbons (Fsp3) is 0.545. The largest absolute Gasteiger partial charge is 0.368 e. The number of carbonyl (C=O) groups is 1. The highest BCUT2D eigenvalue weighted by Crippen LogP contribution is 2.05. The average Bonchev–Trinajstić information content (AvgIpc) is 2.24. The third-order valence-corrected chi connectivity index (χ3v) is 2.22. The number of nitrogens with zero attached hydrogens (tertiary/aromatic N) is 2. The standard InChI is InChI=1S/C11H18N4O/c1-4-12-11(16)5-6-13-10-7-14-8(2)9(3)15-10/h7H,4-6H2,1-3H3,(H,12,16)(H,13,15). The highest BCUT2D eigenvalue weighted by molar-refractivity contribution is 5.76. The van der Waals surface area contributed by atoms with Gasteiger partial charge in [0.1, 0.15) is 5.82 Å². The van der Waals surface area contributed by atoms with Gasteiger partial charge in [-0.1, -0.05) is 0 Å². The van der Waals surface area contributed by atoms with Crippen LogP contribution in [0.2, 0.25) is 0 Å². The van der Waals surface area contributed by atoms with E-state index in [0.29, 0.717) is 25.3 Å². The number of aryl methyl sites for hydroxylation is 2. The van der Waals surface area contributed by atoms with Crippen molar-refractivity contribution in [2.45, 2.75) is 27.2 Å². The van der Waals surface area contributed by atoms with Gasteiger partial charge < -0.3 is 10.6 Å². The zero-order valence-electron chi connectivity index (χ0n) is 10.0. The van der Waals surface area contributed by atoms with E-state index in [4.69, 9.17) is 0 Å². The minimum Gasteiger partial charge on any atom is -0.368 e. The Morgan fingerprint density at radius 1 is 1.38 bits per heavy atom. The summed E-state index contributed by atoms with van der Waals surface area (Å²) in [5, 5.41) is 5.80. The van der Waals surface area contributed by atoms with Crippen molar-refractivity contribution in [3.05, 3.63) is 17.6 Å². The number of aromatic nitrogens is 2. The Morgan fingerprint density at radius 2 is 2.12 bits per heavy atom. The summed E-state index contributed by atoms with van der Waals surface area (Å²) in [4.78, 5) is 19.7. The molecule has 0 saturated heterocycles. The molecular formula is C11H18N4O. The van der Waals surface area contributed by atoms with Crippen molar-refractivity contribution in [1.82, 2.24) is 15.3 Å². The van der Waals surface area contributed by atoms with E-state index >= 15 is 0 Å². The second kappa shape index (κ2) is 6.05. The molecule has 1 heterocycles. The summed E-state index contributed by atoms with van der Waals surface area (Å²) in [6.45, 7) is 6.98. The zero-order valence-corrected chi connectivity index (χ0v) is 10.0. The summed E-state index contributed by atoms with van der Waals surface area (Å²) >= 11 is 0. The first-order valence-corrected chi connectivity index (χ1v) is 5.44. The number of hydrogen-bond donors (Lipinski definition) is 2. The van der Waals surface area contributed by atoms with Crippen molar-refractivity contribution < 1.29 is 4.79 Å². The molecule has 0 bridgehead atoms. The Labute approximate surface area is 95.7 Å². The van der Waals surface area contributed by atoms with E-state index in [1.807, 2.05) is 20.8 Å². The van der Waals surface area contributed by atoms with Crippen LogP contribution < -0.4 is 10.6 Å². The number of anilines is 1. The van der Waals surface area contributed by atoms with Crippen LogP contribution >= 0.6 is 0 Å². The van der Waals surface area contributed by atoms with Crippen LogP contribution in [0.15, 0.2) is 6.20 Å². The molecule has 1 rings (SSSR count). The number of rotatable bonds is 5. The van der Waals surface area contributed by atoms with Crippen LogP contribution in [0.4, 0.5) is 5.82 Å². The van der Waals surface area contributed by atoms with Gasteiger partial charge in [0.05, 0.1) is 17.6 Å². The molecule has 2 N–H and O–H groups in total. The lowest BCUT2D eigenvalue weighted by atomic mass is 10.3. The summed E-state index contributed by atoms with van der Waals surface area (Å²) in [6, 6.07) is 0. The Bertz CT molecular complexity index is 365. The predicted molar refractivity (Wildman–Crippen MR) is 63.3 cm³/mol. The molecule has 0 radical (unpaired) electrons. The lowest BCUT2D eigenvalue weighted by Gasteiger charge is -2.06. The lowest BCUT2D eigenvalue weighted by molar-refractivity contribution is -0.120. The molecular weight excluding hydrogens is 204 g/mol. The molecule has 0 aliphatic heterocycles. The summed E-state index contributed by atoms with van der Waals surface area (Å²) in [5.41, 5.74) is 1.83. The van der Waals surface area contributed by atoms with Gasteiger partial charge in [-0.05, 0) is 20.8 Å². The number of amides is 1. The summed E-state index contributed by atoms with van der Waals surface area (Å²) < 4.78 is 0. The molecule has 0 fully saturated rings. The first-order valence-electron chi connectivity index (χ1n) is 5.44. The van der Waals surface area contributed by atoms with Crippen LogP contribution in [-0.2, 0) is 4.79 Å².